The number of carbonyl (C=O) groups is 1. The summed E-state index contributed by atoms with van der Waals surface area (Å²) in [6.07, 6.45) is -2.07. The van der Waals surface area contributed by atoms with Crippen LogP contribution >= 0.6 is 11.6 Å². The van der Waals surface area contributed by atoms with E-state index in [-0.39, 0.29) is 39.1 Å². The zero-order chi connectivity index (χ0) is 27.3. The van der Waals surface area contributed by atoms with Gasteiger partial charge in [-0.1, -0.05) is 11.6 Å². The van der Waals surface area contributed by atoms with Crippen molar-refractivity contribution in [3.8, 4) is 23.4 Å². The molecule has 0 fully saturated rings. The molecule has 10 nitrogen and oxygen atoms in total. The Morgan fingerprint density at radius 3 is 2.65 bits per heavy atom. The number of primary amides is 1. The number of benzene rings is 1. The lowest BCUT2D eigenvalue weighted by molar-refractivity contribution is -0.142. The molecule has 1 aromatic carbocycles. The summed E-state index contributed by atoms with van der Waals surface area (Å²) in [5, 5.41) is 17.3. The molecule has 0 aliphatic rings. The Bertz CT molecular complexity index is 1510. The predicted octanol–water partition coefficient (Wildman–Crippen LogP) is 3.57. The van der Waals surface area contributed by atoms with Gasteiger partial charge in [-0.25, -0.2) is 9.97 Å². The number of nitriles is 1. The summed E-state index contributed by atoms with van der Waals surface area (Å²) >= 11 is 5.87. The number of alkyl halides is 3. The minimum absolute atomic E-state index is 0.00883. The fourth-order valence-electron chi connectivity index (χ4n) is 3.07. The molecule has 0 saturated heterocycles. The lowest BCUT2D eigenvalue weighted by Crippen LogP contribution is -2.28. The molecule has 2 heterocycles. The first-order chi connectivity index (χ1) is 17.4. The predicted molar refractivity (Wildman–Crippen MR) is 125 cm³/mol. The van der Waals surface area contributed by atoms with Crippen molar-refractivity contribution in [2.75, 3.05) is 7.11 Å². The second-order valence-electron chi connectivity index (χ2n) is 7.28. The summed E-state index contributed by atoms with van der Waals surface area (Å²) < 4.78 is 51.6. The zero-order valence-corrected chi connectivity index (χ0v) is 19.6. The van der Waals surface area contributed by atoms with Crippen molar-refractivity contribution in [2.45, 2.75) is 12.7 Å². The van der Waals surface area contributed by atoms with E-state index in [0.29, 0.717) is 10.9 Å². The first-order valence-electron chi connectivity index (χ1n) is 10.1. The van der Waals surface area contributed by atoms with Crippen molar-refractivity contribution in [1.82, 2.24) is 14.5 Å². The average Bonchev–Trinajstić information content (AvgIpc) is 2.83. The molecule has 0 saturated carbocycles. The number of pyridine rings is 1. The molecule has 3 N–H and O–H groups in total. The molecule has 0 bridgehead atoms. The van der Waals surface area contributed by atoms with Gasteiger partial charge in [-0.3, -0.25) is 14.2 Å². The fourth-order valence-corrected chi connectivity index (χ4v) is 3.29. The van der Waals surface area contributed by atoms with Crippen LogP contribution in [0.4, 0.5) is 13.2 Å². The van der Waals surface area contributed by atoms with Gasteiger partial charge in [0.25, 0.3) is 5.56 Å². The average molecular weight is 533 g/mol. The molecule has 2 aromatic heterocycles. The molecule has 0 atom stereocenters. The van der Waals surface area contributed by atoms with Gasteiger partial charge in [-0.2, -0.15) is 18.4 Å². The summed E-state index contributed by atoms with van der Waals surface area (Å²) in [5.41, 5.74) is 2.29. The van der Waals surface area contributed by atoms with E-state index < -0.39 is 35.6 Å². The summed E-state index contributed by atoms with van der Waals surface area (Å²) in [6.45, 7) is -0.585. The van der Waals surface area contributed by atoms with Crippen molar-refractivity contribution in [1.29, 1.82) is 10.7 Å². The molecule has 3 aromatic rings. The number of hydrogen-bond donors (Lipinski definition) is 2. The quantitative estimate of drug-likeness (QED) is 0.331. The Labute approximate surface area is 211 Å². The number of rotatable bonds is 8. The molecular weight excluding hydrogens is 517 g/mol. The summed E-state index contributed by atoms with van der Waals surface area (Å²) in [5.74, 6) is -2.23. The van der Waals surface area contributed by atoms with Crippen LogP contribution in [-0.4, -0.2) is 33.3 Å². The van der Waals surface area contributed by atoms with Crippen LogP contribution in [0.25, 0.3) is 5.57 Å². The van der Waals surface area contributed by atoms with Crippen LogP contribution in [0.15, 0.2) is 53.7 Å². The number of carbonyl (C=O) groups excluding carboxylic acids is 1. The monoisotopic (exact) mass is 532 g/mol. The van der Waals surface area contributed by atoms with E-state index in [1.165, 1.54) is 31.5 Å². The van der Waals surface area contributed by atoms with Crippen LogP contribution in [0.5, 0.6) is 17.4 Å². The summed E-state index contributed by atoms with van der Waals surface area (Å²) in [4.78, 5) is 32.1. The van der Waals surface area contributed by atoms with Crippen LogP contribution in [0, 0.1) is 16.7 Å². The van der Waals surface area contributed by atoms with E-state index in [1.807, 2.05) is 0 Å². The van der Waals surface area contributed by atoms with Crippen LogP contribution in [-0.2, 0) is 17.5 Å². The molecule has 14 heteroatoms. The van der Waals surface area contributed by atoms with Gasteiger partial charge in [0.15, 0.2) is 5.69 Å². The van der Waals surface area contributed by atoms with Gasteiger partial charge in [0.2, 0.25) is 17.5 Å². The van der Waals surface area contributed by atoms with E-state index in [1.54, 1.807) is 6.07 Å². The molecular formula is C23H16ClF3N6O4. The van der Waals surface area contributed by atoms with Crippen LogP contribution in [0.3, 0.4) is 0 Å². The van der Waals surface area contributed by atoms with Crippen LogP contribution in [0.2, 0.25) is 5.02 Å². The maximum Gasteiger partial charge on any atom is 0.437 e. The molecule has 3 rings (SSSR count). The number of aromatic nitrogens is 3. The Hall–Kier alpha value is -4.70. The van der Waals surface area contributed by atoms with E-state index in [4.69, 9.17) is 37.5 Å². The second-order valence-corrected chi connectivity index (χ2v) is 7.71. The lowest BCUT2D eigenvalue weighted by Gasteiger charge is -2.15. The van der Waals surface area contributed by atoms with Gasteiger partial charge in [0.05, 0.1) is 37.3 Å². The largest absolute Gasteiger partial charge is 0.481 e. The van der Waals surface area contributed by atoms with Gasteiger partial charge in [-0.15, -0.1) is 0 Å². The summed E-state index contributed by atoms with van der Waals surface area (Å²) in [7, 11) is 1.36. The zero-order valence-electron chi connectivity index (χ0n) is 18.8. The number of ether oxygens (including phenoxy) is 2. The Morgan fingerprint density at radius 2 is 2.03 bits per heavy atom. The van der Waals surface area contributed by atoms with Crippen molar-refractivity contribution in [3.63, 3.8) is 0 Å². The topological polar surface area (TPSA) is 157 Å². The Balaban J connectivity index is 2.02. The van der Waals surface area contributed by atoms with E-state index >= 15 is 0 Å². The lowest BCUT2D eigenvalue weighted by atomic mass is 10.0. The van der Waals surface area contributed by atoms with Crippen molar-refractivity contribution in [2.24, 2.45) is 5.73 Å². The molecule has 37 heavy (non-hydrogen) atoms. The molecule has 0 unspecified atom stereocenters. The van der Waals surface area contributed by atoms with Gasteiger partial charge in [0.1, 0.15) is 5.75 Å². The standard InChI is InChI=1S/C23H16ClF3N6O4/c1-36-18-6-13(2-3-31-18)17(21(30)34)8-15(29)10-33-11-32-20(23(25,26)27)19(22(33)35)37-16-5-12(9-28)4-14(24)7-16/h2-8,11,29H,10H2,1H3,(H2,30,34)/b17-8-,29-15?. The maximum atomic E-state index is 13.6. The SMILES string of the molecule is COc1cc(/C(=C/C(=N)Cn2cnc(C(F)(F)F)c(Oc3cc(Cl)cc(C#N)c3)c2=O)C(N)=O)ccn1. The first kappa shape index (κ1) is 26.9. The second kappa shape index (κ2) is 10.9. The van der Waals surface area contributed by atoms with Crippen molar-refractivity contribution < 1.29 is 27.4 Å². The highest BCUT2D eigenvalue weighted by Crippen LogP contribution is 2.35. The Kier molecular flexibility index (Phi) is 7.94. The smallest absolute Gasteiger partial charge is 0.437 e. The first-order valence-corrected chi connectivity index (χ1v) is 10.4. The van der Waals surface area contributed by atoms with Gasteiger partial charge >= 0.3 is 6.18 Å². The van der Waals surface area contributed by atoms with Gasteiger partial charge in [0, 0.05) is 22.9 Å². The number of nitrogens with one attached hydrogen (secondary N) is 1. The number of allylic oxidation sites excluding steroid dienone is 1. The van der Waals surface area contributed by atoms with E-state index in [2.05, 4.69) is 9.97 Å². The maximum absolute atomic E-state index is 13.6. The van der Waals surface area contributed by atoms with Gasteiger partial charge in [-0.05, 0) is 35.9 Å². The minimum atomic E-state index is -5.06. The summed E-state index contributed by atoms with van der Waals surface area (Å²) in [6, 6.07) is 8.06. The highest BCUT2D eigenvalue weighted by Gasteiger charge is 2.38. The van der Waals surface area contributed by atoms with Crippen molar-refractivity contribution >= 4 is 28.8 Å². The minimum Gasteiger partial charge on any atom is -0.481 e. The van der Waals surface area contributed by atoms with Crippen molar-refractivity contribution in [3.05, 3.63) is 81.1 Å². The molecule has 190 valence electrons. The third-order valence-electron chi connectivity index (χ3n) is 4.66. The number of nitrogens with two attached hydrogens (primary N) is 1. The number of nitrogens with zero attached hydrogens (tertiary/aromatic N) is 4. The third kappa shape index (κ3) is 6.50. The highest BCUT2D eigenvalue weighted by molar-refractivity contribution is 6.30. The molecule has 0 spiro atoms. The number of halogens is 4. The third-order valence-corrected chi connectivity index (χ3v) is 4.88. The molecule has 0 aliphatic heterocycles. The number of amides is 1. The number of hydrogen-bond acceptors (Lipinski definition) is 8. The normalized spacial score (nSPS) is 11.5. The number of methoxy groups -OCH3 is 1. The molecule has 0 radical (unpaired) electrons. The van der Waals surface area contributed by atoms with E-state index in [0.717, 1.165) is 18.2 Å². The highest BCUT2D eigenvalue weighted by atomic mass is 35.5. The fraction of sp³-hybridized carbons (Fsp3) is 0.130. The van der Waals surface area contributed by atoms with Gasteiger partial charge < -0.3 is 20.6 Å². The van der Waals surface area contributed by atoms with Crippen LogP contribution < -0.4 is 20.8 Å². The molecule has 1 amide bonds. The van der Waals surface area contributed by atoms with E-state index in [9.17, 15) is 22.8 Å². The Morgan fingerprint density at radius 1 is 1.30 bits per heavy atom. The molecule has 0 aliphatic carbocycles. The van der Waals surface area contributed by atoms with Crippen LogP contribution in [0.1, 0.15) is 16.8 Å².